The van der Waals surface area contributed by atoms with E-state index in [1.807, 2.05) is 38.1 Å². The summed E-state index contributed by atoms with van der Waals surface area (Å²) in [5.41, 5.74) is 0.216. The maximum Gasteiger partial charge on any atom is 0.213 e. The highest BCUT2D eigenvalue weighted by molar-refractivity contribution is 6.30. The quantitative estimate of drug-likeness (QED) is 0.315. The summed E-state index contributed by atoms with van der Waals surface area (Å²) in [5.74, 6) is 0.219. The van der Waals surface area contributed by atoms with Crippen LogP contribution in [0.4, 0.5) is 0 Å². The predicted molar refractivity (Wildman–Crippen MR) is 141 cm³/mol. The van der Waals surface area contributed by atoms with Gasteiger partial charge in [0.05, 0.1) is 46.2 Å². The minimum Gasteiger partial charge on any atom is -0.494 e. The number of nitrogens with zero attached hydrogens (tertiary/aromatic N) is 3. The summed E-state index contributed by atoms with van der Waals surface area (Å²) in [6.45, 7) is 4.55. The zero-order valence-corrected chi connectivity index (χ0v) is 21.7. The van der Waals surface area contributed by atoms with Gasteiger partial charge >= 0.3 is 0 Å². The van der Waals surface area contributed by atoms with E-state index in [2.05, 4.69) is 11.1 Å². The van der Waals surface area contributed by atoms with Crippen LogP contribution in [0.5, 0.6) is 17.6 Å². The van der Waals surface area contributed by atoms with Gasteiger partial charge in [0, 0.05) is 42.5 Å². The zero-order chi connectivity index (χ0) is 26.7. The standard InChI is InChI=1S/C29H26ClN3O5/c1-3-36-22-14-29(12-13-37-23-11-9-18(30)16-32-23)25-24(28(22,2)38-29)26(34)33(27(25)35)21-10-8-17(15-31)19-6-4-5-7-20(19)21/h4-11,16,22,34-35H,3,12-14H2,1-2H3/t22-,28-,29+/m0/s1. The summed E-state index contributed by atoms with van der Waals surface area (Å²) in [6.07, 6.45) is 2.08. The number of rotatable bonds is 7. The average Bonchev–Trinajstić information content (AvgIpc) is 3.46. The molecule has 4 aromatic rings. The fourth-order valence-electron chi connectivity index (χ4n) is 6.09. The average molecular weight is 532 g/mol. The molecule has 2 aromatic carbocycles. The van der Waals surface area contributed by atoms with E-state index in [0.717, 1.165) is 10.8 Å². The van der Waals surface area contributed by atoms with Crippen molar-refractivity contribution in [2.24, 2.45) is 0 Å². The van der Waals surface area contributed by atoms with Crippen LogP contribution < -0.4 is 4.74 Å². The number of hydrogen-bond donors (Lipinski definition) is 2. The molecule has 2 N–H and O–H groups in total. The highest BCUT2D eigenvalue weighted by Crippen LogP contribution is 2.66. The second-order valence-corrected chi connectivity index (χ2v) is 10.2. The molecule has 0 aliphatic carbocycles. The lowest BCUT2D eigenvalue weighted by Gasteiger charge is -2.29. The van der Waals surface area contributed by atoms with Crippen LogP contribution in [-0.2, 0) is 20.7 Å². The predicted octanol–water partition coefficient (Wildman–Crippen LogP) is 5.68. The Morgan fingerprint density at radius 2 is 1.89 bits per heavy atom. The maximum absolute atomic E-state index is 11.7. The van der Waals surface area contributed by atoms with Crippen LogP contribution in [0.2, 0.25) is 5.02 Å². The number of nitriles is 1. The number of fused-ring (bicyclic) bond motifs is 6. The molecule has 2 bridgehead atoms. The number of ether oxygens (including phenoxy) is 3. The summed E-state index contributed by atoms with van der Waals surface area (Å²) < 4.78 is 20.0. The van der Waals surface area contributed by atoms with Crippen molar-refractivity contribution in [3.8, 4) is 29.4 Å². The number of aromatic nitrogens is 2. The third kappa shape index (κ3) is 3.47. The van der Waals surface area contributed by atoms with E-state index in [4.69, 9.17) is 25.8 Å². The van der Waals surface area contributed by atoms with Crippen molar-refractivity contribution in [3.05, 3.63) is 76.4 Å². The first-order valence-corrected chi connectivity index (χ1v) is 12.9. The van der Waals surface area contributed by atoms with Gasteiger partial charge in [0.2, 0.25) is 17.6 Å². The Hall–Kier alpha value is -3.77. The van der Waals surface area contributed by atoms with E-state index in [-0.39, 0.29) is 24.5 Å². The molecule has 194 valence electrons. The smallest absolute Gasteiger partial charge is 0.213 e. The number of benzene rings is 2. The topological polar surface area (TPSA) is 110 Å². The molecule has 2 aromatic heterocycles. The van der Waals surface area contributed by atoms with Gasteiger partial charge in [0.25, 0.3) is 0 Å². The van der Waals surface area contributed by atoms with E-state index in [1.165, 1.54) is 10.8 Å². The molecule has 0 radical (unpaired) electrons. The number of aromatic hydroxyl groups is 2. The summed E-state index contributed by atoms with van der Waals surface area (Å²) in [6, 6.07) is 16.5. The van der Waals surface area contributed by atoms with Gasteiger partial charge in [-0.15, -0.1) is 0 Å². The van der Waals surface area contributed by atoms with Crippen LogP contribution in [0.1, 0.15) is 43.4 Å². The molecule has 4 heterocycles. The fourth-order valence-corrected chi connectivity index (χ4v) is 6.20. The van der Waals surface area contributed by atoms with E-state index in [0.29, 0.717) is 52.7 Å². The van der Waals surface area contributed by atoms with Crippen LogP contribution in [-0.4, -0.2) is 39.1 Å². The van der Waals surface area contributed by atoms with E-state index in [9.17, 15) is 15.5 Å². The Bertz CT molecular complexity index is 1590. The lowest BCUT2D eigenvalue weighted by atomic mass is 9.76. The van der Waals surface area contributed by atoms with Crippen molar-refractivity contribution in [1.29, 1.82) is 5.26 Å². The Morgan fingerprint density at radius 3 is 2.61 bits per heavy atom. The van der Waals surface area contributed by atoms with Crippen molar-refractivity contribution in [2.75, 3.05) is 13.2 Å². The van der Waals surface area contributed by atoms with Gasteiger partial charge in [0.1, 0.15) is 11.2 Å². The number of hydrogen-bond acceptors (Lipinski definition) is 7. The highest BCUT2D eigenvalue weighted by atomic mass is 35.5. The molecule has 9 heteroatoms. The first kappa shape index (κ1) is 24.6. The van der Waals surface area contributed by atoms with Crippen molar-refractivity contribution in [1.82, 2.24) is 9.55 Å². The number of pyridine rings is 1. The van der Waals surface area contributed by atoms with Gasteiger partial charge in [-0.05, 0) is 32.0 Å². The molecular weight excluding hydrogens is 506 g/mol. The van der Waals surface area contributed by atoms with Crippen LogP contribution in [0.3, 0.4) is 0 Å². The Morgan fingerprint density at radius 1 is 1.13 bits per heavy atom. The van der Waals surface area contributed by atoms with E-state index < -0.39 is 11.2 Å². The molecule has 1 fully saturated rings. The van der Waals surface area contributed by atoms with Crippen molar-refractivity contribution in [3.63, 3.8) is 0 Å². The van der Waals surface area contributed by atoms with Gasteiger partial charge in [0.15, 0.2) is 0 Å². The van der Waals surface area contributed by atoms with E-state index in [1.54, 1.807) is 24.3 Å². The second-order valence-electron chi connectivity index (χ2n) is 9.79. The molecule has 0 spiro atoms. The minimum absolute atomic E-state index is 0.101. The van der Waals surface area contributed by atoms with Gasteiger partial charge in [-0.3, -0.25) is 4.57 Å². The molecule has 2 aliphatic heterocycles. The van der Waals surface area contributed by atoms with E-state index >= 15 is 0 Å². The first-order chi connectivity index (χ1) is 18.3. The summed E-state index contributed by atoms with van der Waals surface area (Å²) >= 11 is 5.93. The van der Waals surface area contributed by atoms with Crippen molar-refractivity contribution in [2.45, 2.75) is 44.0 Å². The molecule has 0 saturated carbocycles. The lowest BCUT2D eigenvalue weighted by molar-refractivity contribution is -0.117. The van der Waals surface area contributed by atoms with Crippen LogP contribution in [0, 0.1) is 11.3 Å². The van der Waals surface area contributed by atoms with Gasteiger partial charge in [-0.1, -0.05) is 35.9 Å². The molecule has 0 amide bonds. The monoisotopic (exact) mass is 531 g/mol. The zero-order valence-electron chi connectivity index (χ0n) is 20.9. The summed E-state index contributed by atoms with van der Waals surface area (Å²) in [4.78, 5) is 4.19. The van der Waals surface area contributed by atoms with Crippen LogP contribution in [0.25, 0.3) is 16.5 Å². The first-order valence-electron chi connectivity index (χ1n) is 12.5. The van der Waals surface area contributed by atoms with Gasteiger partial charge in [-0.2, -0.15) is 5.26 Å². The van der Waals surface area contributed by atoms with Gasteiger partial charge < -0.3 is 24.4 Å². The third-order valence-electron chi connectivity index (χ3n) is 7.70. The van der Waals surface area contributed by atoms with Crippen LogP contribution >= 0.6 is 11.6 Å². The second kappa shape index (κ2) is 8.91. The number of halogens is 1. The maximum atomic E-state index is 11.7. The van der Waals surface area contributed by atoms with Crippen LogP contribution in [0.15, 0.2) is 54.7 Å². The molecule has 6 rings (SSSR count). The Balaban J connectivity index is 1.46. The van der Waals surface area contributed by atoms with Crippen molar-refractivity contribution < 1.29 is 24.4 Å². The summed E-state index contributed by atoms with van der Waals surface area (Å²) in [5, 5.41) is 34.9. The molecule has 1 saturated heterocycles. The fraction of sp³-hybridized carbons (Fsp3) is 0.310. The largest absolute Gasteiger partial charge is 0.494 e. The third-order valence-corrected chi connectivity index (χ3v) is 7.92. The normalized spacial score (nSPS) is 23.5. The minimum atomic E-state index is -0.973. The molecule has 0 unspecified atom stereocenters. The van der Waals surface area contributed by atoms with Crippen molar-refractivity contribution >= 4 is 22.4 Å². The Kier molecular flexibility index (Phi) is 5.76. The van der Waals surface area contributed by atoms with Gasteiger partial charge in [-0.25, -0.2) is 4.98 Å². The Labute approximate surface area is 224 Å². The molecule has 2 aliphatic rings. The summed E-state index contributed by atoms with van der Waals surface area (Å²) in [7, 11) is 0. The molecular formula is C29H26ClN3O5. The molecule has 3 atom stereocenters. The lowest BCUT2D eigenvalue weighted by Crippen LogP contribution is -2.36. The highest BCUT2D eigenvalue weighted by Gasteiger charge is 2.66. The molecule has 38 heavy (non-hydrogen) atoms. The molecule has 8 nitrogen and oxygen atoms in total. The SMILES string of the molecule is CCO[C@H]1C[C@@]2(CCOc3ccc(Cl)cn3)O[C@]1(C)c1c2c(O)n(-c2ccc(C#N)c3ccccc23)c1O.